The SMILES string of the molecule is Cc1ccc(F)c(-c2ccc(C=O)cc2)n1. The summed E-state index contributed by atoms with van der Waals surface area (Å²) in [7, 11) is 0. The van der Waals surface area contributed by atoms with Gasteiger partial charge in [-0.1, -0.05) is 24.3 Å². The Hall–Kier alpha value is -2.03. The molecule has 0 bridgehead atoms. The molecular formula is C13H10FNO. The molecule has 0 fully saturated rings. The summed E-state index contributed by atoms with van der Waals surface area (Å²) in [4.78, 5) is 14.6. The summed E-state index contributed by atoms with van der Waals surface area (Å²) in [6.45, 7) is 1.81. The quantitative estimate of drug-likeness (QED) is 0.721. The molecule has 0 saturated heterocycles. The molecule has 0 aliphatic carbocycles. The maximum Gasteiger partial charge on any atom is 0.150 e. The lowest BCUT2D eigenvalue weighted by molar-refractivity contribution is 0.112. The summed E-state index contributed by atoms with van der Waals surface area (Å²) in [6.07, 6.45) is 0.754. The van der Waals surface area contributed by atoms with Gasteiger partial charge in [0, 0.05) is 16.8 Å². The molecule has 1 heterocycles. The van der Waals surface area contributed by atoms with E-state index in [1.165, 1.54) is 6.07 Å². The van der Waals surface area contributed by atoms with Crippen LogP contribution in [-0.2, 0) is 0 Å². The van der Waals surface area contributed by atoms with Crippen LogP contribution in [0.2, 0.25) is 0 Å². The molecule has 0 unspecified atom stereocenters. The third-order valence-corrected chi connectivity index (χ3v) is 2.31. The van der Waals surface area contributed by atoms with Crippen molar-refractivity contribution in [1.82, 2.24) is 4.98 Å². The van der Waals surface area contributed by atoms with Crippen molar-refractivity contribution in [2.45, 2.75) is 6.92 Å². The maximum absolute atomic E-state index is 13.5. The molecule has 0 spiro atoms. The zero-order valence-corrected chi connectivity index (χ0v) is 8.77. The van der Waals surface area contributed by atoms with Crippen molar-refractivity contribution < 1.29 is 9.18 Å². The van der Waals surface area contributed by atoms with Gasteiger partial charge in [0.15, 0.2) is 0 Å². The smallest absolute Gasteiger partial charge is 0.150 e. The molecule has 1 aromatic heterocycles. The second-order valence-corrected chi connectivity index (χ2v) is 3.52. The van der Waals surface area contributed by atoms with Crippen molar-refractivity contribution in [2.24, 2.45) is 0 Å². The number of aromatic nitrogens is 1. The first-order valence-corrected chi connectivity index (χ1v) is 4.89. The van der Waals surface area contributed by atoms with Crippen molar-refractivity contribution in [2.75, 3.05) is 0 Å². The Morgan fingerprint density at radius 1 is 1.12 bits per heavy atom. The van der Waals surface area contributed by atoms with E-state index in [1.807, 2.05) is 6.92 Å². The third kappa shape index (κ3) is 1.98. The number of benzene rings is 1. The lowest BCUT2D eigenvalue weighted by atomic mass is 10.1. The van der Waals surface area contributed by atoms with E-state index in [1.54, 1.807) is 30.3 Å². The summed E-state index contributed by atoms with van der Waals surface area (Å²) in [6, 6.07) is 9.69. The Labute approximate surface area is 92.8 Å². The molecule has 2 aromatic rings. The molecule has 0 atom stereocenters. The van der Waals surface area contributed by atoms with Crippen LogP contribution in [0.1, 0.15) is 16.1 Å². The number of carbonyl (C=O) groups is 1. The van der Waals surface area contributed by atoms with Crippen LogP contribution in [-0.4, -0.2) is 11.3 Å². The average molecular weight is 215 g/mol. The molecule has 3 heteroatoms. The Bertz CT molecular complexity index is 520. The van der Waals surface area contributed by atoms with E-state index in [9.17, 15) is 9.18 Å². The number of aldehydes is 1. The van der Waals surface area contributed by atoms with Crippen LogP contribution in [0.5, 0.6) is 0 Å². The van der Waals surface area contributed by atoms with E-state index in [4.69, 9.17) is 0 Å². The molecular weight excluding hydrogens is 205 g/mol. The number of hydrogen-bond acceptors (Lipinski definition) is 2. The highest BCUT2D eigenvalue weighted by atomic mass is 19.1. The summed E-state index contributed by atoms with van der Waals surface area (Å²) in [5.41, 5.74) is 2.32. The van der Waals surface area contributed by atoms with E-state index >= 15 is 0 Å². The van der Waals surface area contributed by atoms with Gasteiger partial charge in [-0.15, -0.1) is 0 Å². The Morgan fingerprint density at radius 2 is 1.81 bits per heavy atom. The van der Waals surface area contributed by atoms with Crippen LogP contribution in [0.15, 0.2) is 36.4 Å². The summed E-state index contributed by atoms with van der Waals surface area (Å²) >= 11 is 0. The van der Waals surface area contributed by atoms with E-state index in [2.05, 4.69) is 4.98 Å². The zero-order valence-electron chi connectivity index (χ0n) is 8.77. The number of pyridine rings is 1. The van der Waals surface area contributed by atoms with Gasteiger partial charge in [0.05, 0.1) is 0 Å². The second kappa shape index (κ2) is 4.23. The highest BCUT2D eigenvalue weighted by Gasteiger charge is 2.06. The van der Waals surface area contributed by atoms with Gasteiger partial charge in [-0.05, 0) is 19.1 Å². The summed E-state index contributed by atoms with van der Waals surface area (Å²) in [5.74, 6) is -0.357. The molecule has 16 heavy (non-hydrogen) atoms. The molecule has 0 aliphatic heterocycles. The van der Waals surface area contributed by atoms with Crippen molar-refractivity contribution in [3.8, 4) is 11.3 Å². The van der Waals surface area contributed by atoms with Gasteiger partial charge < -0.3 is 0 Å². The predicted octanol–water partition coefficient (Wildman–Crippen LogP) is 3.01. The van der Waals surface area contributed by atoms with Gasteiger partial charge in [0.1, 0.15) is 17.8 Å². The van der Waals surface area contributed by atoms with Crippen LogP contribution >= 0.6 is 0 Å². The molecule has 0 radical (unpaired) electrons. The van der Waals surface area contributed by atoms with Gasteiger partial charge >= 0.3 is 0 Å². The molecule has 0 amide bonds. The van der Waals surface area contributed by atoms with E-state index in [-0.39, 0.29) is 5.82 Å². The minimum Gasteiger partial charge on any atom is -0.298 e. The monoisotopic (exact) mass is 215 g/mol. The average Bonchev–Trinajstić information content (AvgIpc) is 2.32. The molecule has 1 aromatic carbocycles. The predicted molar refractivity (Wildman–Crippen MR) is 59.8 cm³/mol. The molecule has 0 aliphatic rings. The van der Waals surface area contributed by atoms with Crippen molar-refractivity contribution >= 4 is 6.29 Å². The summed E-state index contributed by atoms with van der Waals surface area (Å²) < 4.78 is 13.5. The highest BCUT2D eigenvalue weighted by Crippen LogP contribution is 2.20. The number of aryl methyl sites for hydroxylation is 1. The second-order valence-electron chi connectivity index (χ2n) is 3.52. The van der Waals surface area contributed by atoms with Crippen LogP contribution in [0, 0.1) is 12.7 Å². The fraction of sp³-hybridized carbons (Fsp3) is 0.0769. The van der Waals surface area contributed by atoms with Crippen molar-refractivity contribution in [1.29, 1.82) is 0 Å². The fourth-order valence-electron chi connectivity index (χ4n) is 1.46. The van der Waals surface area contributed by atoms with Gasteiger partial charge in [0.2, 0.25) is 0 Å². The lowest BCUT2D eigenvalue weighted by Gasteiger charge is -2.03. The van der Waals surface area contributed by atoms with Crippen molar-refractivity contribution in [3.63, 3.8) is 0 Å². The minimum atomic E-state index is -0.357. The largest absolute Gasteiger partial charge is 0.298 e. The number of carbonyl (C=O) groups excluding carboxylic acids is 1. The van der Waals surface area contributed by atoms with Crippen LogP contribution in [0.25, 0.3) is 11.3 Å². The van der Waals surface area contributed by atoms with Crippen molar-refractivity contribution in [3.05, 3.63) is 53.5 Å². The maximum atomic E-state index is 13.5. The molecule has 2 nitrogen and oxygen atoms in total. The molecule has 0 N–H and O–H groups in total. The number of halogens is 1. The van der Waals surface area contributed by atoms with Crippen LogP contribution < -0.4 is 0 Å². The van der Waals surface area contributed by atoms with E-state index < -0.39 is 0 Å². The standard InChI is InChI=1S/C13H10FNO/c1-9-2-7-12(14)13(15-9)11-5-3-10(8-16)4-6-11/h2-8H,1H3. The van der Waals surface area contributed by atoms with Gasteiger partial charge in [0.25, 0.3) is 0 Å². The highest BCUT2D eigenvalue weighted by molar-refractivity contribution is 5.76. The molecule has 0 saturated carbocycles. The van der Waals surface area contributed by atoms with Gasteiger partial charge in [-0.3, -0.25) is 9.78 Å². The van der Waals surface area contributed by atoms with E-state index in [0.29, 0.717) is 16.8 Å². The number of nitrogens with zero attached hydrogens (tertiary/aromatic N) is 1. The first-order valence-electron chi connectivity index (χ1n) is 4.89. The van der Waals surface area contributed by atoms with Crippen LogP contribution in [0.4, 0.5) is 4.39 Å². The first-order chi connectivity index (χ1) is 7.70. The normalized spacial score (nSPS) is 10.1. The minimum absolute atomic E-state index is 0.317. The number of rotatable bonds is 2. The van der Waals surface area contributed by atoms with E-state index in [0.717, 1.165) is 12.0 Å². The zero-order chi connectivity index (χ0) is 11.5. The Kier molecular flexibility index (Phi) is 2.77. The number of hydrogen-bond donors (Lipinski definition) is 0. The first kappa shape index (κ1) is 10.5. The lowest BCUT2D eigenvalue weighted by Crippen LogP contribution is -1.92. The molecule has 2 rings (SSSR count). The Balaban J connectivity index is 2.49. The van der Waals surface area contributed by atoms with Crippen LogP contribution in [0.3, 0.4) is 0 Å². The molecule has 80 valence electrons. The summed E-state index contributed by atoms with van der Waals surface area (Å²) in [5, 5.41) is 0. The topological polar surface area (TPSA) is 30.0 Å². The Morgan fingerprint density at radius 3 is 2.44 bits per heavy atom. The fourth-order valence-corrected chi connectivity index (χ4v) is 1.46. The van der Waals surface area contributed by atoms with Gasteiger partial charge in [-0.2, -0.15) is 0 Å². The van der Waals surface area contributed by atoms with Gasteiger partial charge in [-0.25, -0.2) is 4.39 Å². The third-order valence-electron chi connectivity index (χ3n) is 2.31.